The number of aliphatic hydroxyl groups is 1. The van der Waals surface area contributed by atoms with Crippen LogP contribution in [0.15, 0.2) is 0 Å². The molecule has 0 rings (SSSR count). The molecule has 2 unspecified atom stereocenters. The van der Waals surface area contributed by atoms with Gasteiger partial charge in [0.2, 0.25) is 0 Å². The lowest BCUT2D eigenvalue weighted by Crippen LogP contribution is -2.29. The van der Waals surface area contributed by atoms with E-state index in [0.717, 1.165) is 44.7 Å². The molecule has 0 aliphatic heterocycles. The number of carbonyl (C=O) groups is 2. The van der Waals surface area contributed by atoms with Crippen LogP contribution in [0.5, 0.6) is 0 Å². The first-order valence-corrected chi connectivity index (χ1v) is 25.4. The number of esters is 1. The molecule has 0 bridgehead atoms. The summed E-state index contributed by atoms with van der Waals surface area (Å²) < 4.78 is 11.1. The molecule has 1 N–H and O–H groups in total. The molecule has 0 saturated heterocycles. The van der Waals surface area contributed by atoms with Gasteiger partial charge in [-0.15, -0.1) is 0 Å². The Balaban J connectivity index is 0. The molecule has 0 saturated carbocycles. The van der Waals surface area contributed by atoms with E-state index in [1.54, 1.807) is 0 Å². The number of rotatable bonds is 46. The summed E-state index contributed by atoms with van der Waals surface area (Å²) in [5.74, 6) is 1.22. The molecule has 0 aromatic carbocycles. The van der Waals surface area contributed by atoms with Crippen LogP contribution in [0.25, 0.3) is 0 Å². The van der Waals surface area contributed by atoms with E-state index in [0.29, 0.717) is 31.9 Å². The van der Waals surface area contributed by atoms with Crippen LogP contribution < -0.4 is 0 Å². The molecule has 57 heavy (non-hydrogen) atoms. The van der Waals surface area contributed by atoms with Gasteiger partial charge in [-0.1, -0.05) is 207 Å². The predicted molar refractivity (Wildman–Crippen MR) is 248 cm³/mol. The van der Waals surface area contributed by atoms with Crippen molar-refractivity contribution in [2.45, 2.75) is 259 Å². The van der Waals surface area contributed by atoms with Crippen molar-refractivity contribution in [2.75, 3.05) is 46.6 Å². The van der Waals surface area contributed by atoms with Gasteiger partial charge >= 0.3 is 5.97 Å². The van der Waals surface area contributed by atoms with Gasteiger partial charge in [-0.3, -0.25) is 4.79 Å². The summed E-state index contributed by atoms with van der Waals surface area (Å²) in [5, 5.41) is 9.23. The highest BCUT2D eigenvalue weighted by atomic mass is 16.5. The van der Waals surface area contributed by atoms with E-state index in [1.165, 1.54) is 205 Å². The fraction of sp³-hybridized carbons (Fsp3) is 0.961. The van der Waals surface area contributed by atoms with E-state index in [9.17, 15) is 14.7 Å². The highest BCUT2D eigenvalue weighted by Crippen LogP contribution is 2.22. The largest absolute Gasteiger partial charge is 0.465 e. The van der Waals surface area contributed by atoms with Crippen molar-refractivity contribution in [1.82, 2.24) is 4.90 Å². The average molecular weight is 810 g/mol. The number of ether oxygens (including phenoxy) is 2. The molecule has 6 heteroatoms. The lowest BCUT2D eigenvalue weighted by molar-refractivity contribution is -0.145. The second-order valence-corrected chi connectivity index (χ2v) is 17.5. The maximum Gasteiger partial charge on any atom is 0.305 e. The standard InChI is InChI=1S/C30H59NO4.C21H44O/c1-3-5-7-9-11-12-14-16-21-29(20-15-13-10-8-6-4-2)28-35-30(34)22-19-24-31(25-27-33)23-17-18-26-32;1-4-6-8-10-12-13-15-17-19-21(20-22-3)18-16-14-11-9-7-5-2/h26,29,33H,3-25,27-28H2,1-2H3;21H,4-20H2,1-3H3. The molecule has 0 fully saturated rings. The van der Waals surface area contributed by atoms with Crippen molar-refractivity contribution in [1.29, 1.82) is 0 Å². The van der Waals surface area contributed by atoms with E-state index < -0.39 is 0 Å². The summed E-state index contributed by atoms with van der Waals surface area (Å²) in [4.78, 5) is 25.0. The zero-order valence-corrected chi connectivity index (χ0v) is 39.5. The molecular formula is C51H103NO5. The number of hydrogen-bond acceptors (Lipinski definition) is 6. The first-order valence-electron chi connectivity index (χ1n) is 25.4. The van der Waals surface area contributed by atoms with Gasteiger partial charge in [0.05, 0.1) is 13.2 Å². The smallest absolute Gasteiger partial charge is 0.305 e. The van der Waals surface area contributed by atoms with E-state index >= 15 is 0 Å². The molecule has 0 spiro atoms. The lowest BCUT2D eigenvalue weighted by Gasteiger charge is -2.21. The van der Waals surface area contributed by atoms with Gasteiger partial charge in [0.25, 0.3) is 0 Å². The fourth-order valence-corrected chi connectivity index (χ4v) is 8.02. The van der Waals surface area contributed by atoms with Crippen molar-refractivity contribution in [3.05, 3.63) is 0 Å². The Kier molecular flexibility index (Phi) is 52.2. The Hall–Kier alpha value is -0.980. The minimum Gasteiger partial charge on any atom is -0.465 e. The fourth-order valence-electron chi connectivity index (χ4n) is 8.02. The summed E-state index contributed by atoms with van der Waals surface area (Å²) in [6.07, 6.45) is 47.0. The van der Waals surface area contributed by atoms with Crippen LogP contribution in [0.4, 0.5) is 0 Å². The van der Waals surface area contributed by atoms with Crippen LogP contribution in [-0.2, 0) is 19.1 Å². The second kappa shape index (κ2) is 51.2. The number of unbranched alkanes of at least 4 members (excludes halogenated alkanes) is 25. The molecule has 2 atom stereocenters. The zero-order valence-electron chi connectivity index (χ0n) is 39.5. The quantitative estimate of drug-likeness (QED) is 0.0375. The molecule has 342 valence electrons. The number of nitrogens with zero attached hydrogens (tertiary/aromatic N) is 1. The highest BCUT2D eigenvalue weighted by molar-refractivity contribution is 5.69. The summed E-state index contributed by atoms with van der Waals surface area (Å²) in [6.45, 7) is 12.9. The molecular weight excluding hydrogens is 707 g/mol. The van der Waals surface area contributed by atoms with Gasteiger partial charge in [0.1, 0.15) is 6.29 Å². The van der Waals surface area contributed by atoms with Crippen LogP contribution in [0, 0.1) is 11.8 Å². The van der Waals surface area contributed by atoms with Crippen molar-refractivity contribution >= 4 is 12.3 Å². The first-order chi connectivity index (χ1) is 28.0. The normalized spacial score (nSPS) is 12.4. The van der Waals surface area contributed by atoms with Crippen LogP contribution in [-0.4, -0.2) is 68.8 Å². The minimum absolute atomic E-state index is 0.0919. The van der Waals surface area contributed by atoms with E-state index in [-0.39, 0.29) is 12.6 Å². The Labute approximate surface area is 357 Å². The van der Waals surface area contributed by atoms with Gasteiger partial charge in [-0.2, -0.15) is 0 Å². The number of aldehydes is 1. The summed E-state index contributed by atoms with van der Waals surface area (Å²) in [6, 6.07) is 0. The molecule has 0 heterocycles. The van der Waals surface area contributed by atoms with Crippen LogP contribution in [0.1, 0.15) is 259 Å². The van der Waals surface area contributed by atoms with E-state index in [4.69, 9.17) is 9.47 Å². The van der Waals surface area contributed by atoms with Crippen molar-refractivity contribution < 1.29 is 24.2 Å². The van der Waals surface area contributed by atoms with Gasteiger partial charge < -0.3 is 24.3 Å². The maximum atomic E-state index is 12.4. The highest BCUT2D eigenvalue weighted by Gasteiger charge is 2.14. The summed E-state index contributed by atoms with van der Waals surface area (Å²) in [5.41, 5.74) is 0. The summed E-state index contributed by atoms with van der Waals surface area (Å²) >= 11 is 0. The third kappa shape index (κ3) is 47.6. The molecule has 6 nitrogen and oxygen atoms in total. The number of methoxy groups -OCH3 is 1. The van der Waals surface area contributed by atoms with Crippen molar-refractivity contribution in [3.8, 4) is 0 Å². The molecule has 0 aromatic rings. The summed E-state index contributed by atoms with van der Waals surface area (Å²) in [7, 11) is 1.86. The maximum absolute atomic E-state index is 12.4. The molecule has 0 aromatic heterocycles. The third-order valence-corrected chi connectivity index (χ3v) is 11.8. The van der Waals surface area contributed by atoms with Crippen molar-refractivity contribution in [2.24, 2.45) is 11.8 Å². The number of aliphatic hydroxyl groups excluding tert-OH is 1. The predicted octanol–water partition coefficient (Wildman–Crippen LogP) is 15.0. The molecule has 0 aliphatic rings. The Morgan fingerprint density at radius 3 is 1.19 bits per heavy atom. The third-order valence-electron chi connectivity index (χ3n) is 11.8. The first kappa shape index (κ1) is 58.1. The van der Waals surface area contributed by atoms with E-state index in [2.05, 4.69) is 32.6 Å². The molecule has 0 amide bonds. The Bertz CT molecular complexity index is 764. The topological polar surface area (TPSA) is 76.1 Å². The van der Waals surface area contributed by atoms with Gasteiger partial charge in [-0.25, -0.2) is 0 Å². The SMILES string of the molecule is CCCCCCCCCCC(CCCCCCCC)COC.CCCCCCCCCCC(CCCCCCCC)COC(=O)CCCN(CCO)CCCC=O. The van der Waals surface area contributed by atoms with Crippen LogP contribution in [0.2, 0.25) is 0 Å². The number of hydrogen-bond donors (Lipinski definition) is 1. The minimum atomic E-state index is -0.0919. The number of carbonyl (C=O) groups excluding carboxylic acids is 2. The van der Waals surface area contributed by atoms with E-state index in [1.807, 2.05) is 7.11 Å². The second-order valence-electron chi connectivity index (χ2n) is 17.5. The average Bonchev–Trinajstić information content (AvgIpc) is 3.21. The molecule has 0 radical (unpaired) electrons. The van der Waals surface area contributed by atoms with Gasteiger partial charge in [0, 0.05) is 33.1 Å². The van der Waals surface area contributed by atoms with Crippen LogP contribution in [0.3, 0.4) is 0 Å². The Morgan fingerprint density at radius 2 is 0.842 bits per heavy atom. The monoisotopic (exact) mass is 810 g/mol. The van der Waals surface area contributed by atoms with Crippen molar-refractivity contribution in [3.63, 3.8) is 0 Å². The lowest BCUT2D eigenvalue weighted by atomic mass is 9.94. The van der Waals surface area contributed by atoms with Gasteiger partial charge in [0.15, 0.2) is 0 Å². The Morgan fingerprint density at radius 1 is 0.491 bits per heavy atom. The van der Waals surface area contributed by atoms with Gasteiger partial charge in [-0.05, 0) is 63.5 Å². The molecule has 0 aliphatic carbocycles. The zero-order chi connectivity index (χ0) is 42.1. The van der Waals surface area contributed by atoms with Crippen LogP contribution >= 0.6 is 0 Å².